The van der Waals surface area contributed by atoms with E-state index in [4.69, 9.17) is 11.2 Å². The SMILES string of the molecule is C#Cc1cccc(Nc2ncnc3cc(N4CCN(CCOC)CC4)c(F)cc23)c1. The number of hydrogen-bond donors (Lipinski definition) is 1. The van der Waals surface area contributed by atoms with Gasteiger partial charge in [0, 0.05) is 56.5 Å². The van der Waals surface area contributed by atoms with E-state index >= 15 is 4.39 Å². The van der Waals surface area contributed by atoms with Crippen LogP contribution in [0.5, 0.6) is 0 Å². The number of nitrogens with zero attached hydrogens (tertiary/aromatic N) is 4. The summed E-state index contributed by atoms with van der Waals surface area (Å²) in [6.45, 7) is 4.89. The average Bonchev–Trinajstić information content (AvgIpc) is 2.78. The van der Waals surface area contributed by atoms with E-state index in [1.54, 1.807) is 13.2 Å². The second-order valence-corrected chi connectivity index (χ2v) is 7.21. The van der Waals surface area contributed by atoms with Crippen molar-refractivity contribution in [3.05, 3.63) is 54.1 Å². The zero-order chi connectivity index (χ0) is 20.9. The van der Waals surface area contributed by atoms with E-state index in [2.05, 4.69) is 31.0 Å². The number of ether oxygens (including phenoxy) is 1. The first kappa shape index (κ1) is 20.1. The Kier molecular flexibility index (Phi) is 6.07. The molecule has 0 atom stereocenters. The number of aromatic nitrogens is 2. The Bertz CT molecular complexity index is 1070. The van der Waals surface area contributed by atoms with E-state index in [-0.39, 0.29) is 5.82 Å². The molecule has 1 saturated heterocycles. The normalized spacial score (nSPS) is 14.6. The molecule has 1 aliphatic rings. The summed E-state index contributed by atoms with van der Waals surface area (Å²) in [7, 11) is 1.71. The van der Waals surface area contributed by atoms with Crippen LogP contribution in [0.1, 0.15) is 5.56 Å². The minimum Gasteiger partial charge on any atom is -0.383 e. The fourth-order valence-corrected chi connectivity index (χ4v) is 3.66. The molecule has 1 aliphatic heterocycles. The van der Waals surface area contributed by atoms with Gasteiger partial charge in [0.1, 0.15) is 18.0 Å². The van der Waals surface area contributed by atoms with Gasteiger partial charge in [-0.1, -0.05) is 12.0 Å². The van der Waals surface area contributed by atoms with Crippen molar-refractivity contribution in [3.8, 4) is 12.3 Å². The molecule has 0 bridgehead atoms. The predicted octanol–water partition coefficient (Wildman–Crippen LogP) is 3.26. The van der Waals surface area contributed by atoms with E-state index in [1.807, 2.05) is 24.3 Å². The number of rotatable bonds is 6. The molecule has 0 amide bonds. The molecule has 3 aromatic rings. The minimum absolute atomic E-state index is 0.275. The Morgan fingerprint density at radius 3 is 2.77 bits per heavy atom. The van der Waals surface area contributed by atoms with Gasteiger partial charge in [-0.3, -0.25) is 4.90 Å². The largest absolute Gasteiger partial charge is 0.383 e. The molecule has 2 heterocycles. The fourth-order valence-electron chi connectivity index (χ4n) is 3.66. The summed E-state index contributed by atoms with van der Waals surface area (Å²) in [5, 5.41) is 3.86. The van der Waals surface area contributed by atoms with E-state index < -0.39 is 0 Å². The predicted molar refractivity (Wildman–Crippen MR) is 118 cm³/mol. The van der Waals surface area contributed by atoms with Crippen LogP contribution in [0.4, 0.5) is 21.6 Å². The zero-order valence-electron chi connectivity index (χ0n) is 16.9. The van der Waals surface area contributed by atoms with Crippen LogP contribution < -0.4 is 10.2 Å². The Morgan fingerprint density at radius 1 is 1.17 bits per heavy atom. The van der Waals surface area contributed by atoms with Gasteiger partial charge in [-0.2, -0.15) is 0 Å². The van der Waals surface area contributed by atoms with Crippen LogP contribution in [0, 0.1) is 18.2 Å². The number of nitrogens with one attached hydrogen (secondary N) is 1. The smallest absolute Gasteiger partial charge is 0.147 e. The molecule has 6 nitrogen and oxygen atoms in total. The van der Waals surface area contributed by atoms with Crippen molar-refractivity contribution >= 4 is 28.1 Å². The van der Waals surface area contributed by atoms with Crippen LogP contribution in [0.25, 0.3) is 10.9 Å². The highest BCUT2D eigenvalue weighted by molar-refractivity contribution is 5.92. The second-order valence-electron chi connectivity index (χ2n) is 7.21. The number of piperazine rings is 1. The summed E-state index contributed by atoms with van der Waals surface area (Å²) in [5.41, 5.74) is 2.82. The summed E-state index contributed by atoms with van der Waals surface area (Å²) < 4.78 is 20.2. The van der Waals surface area contributed by atoms with E-state index in [1.165, 1.54) is 12.4 Å². The summed E-state index contributed by atoms with van der Waals surface area (Å²) in [4.78, 5) is 13.1. The number of halogens is 1. The number of hydrogen-bond acceptors (Lipinski definition) is 6. The van der Waals surface area contributed by atoms with Gasteiger partial charge in [-0.25, -0.2) is 14.4 Å². The maximum Gasteiger partial charge on any atom is 0.147 e. The Morgan fingerprint density at radius 2 is 2.00 bits per heavy atom. The van der Waals surface area contributed by atoms with Gasteiger partial charge < -0.3 is 15.0 Å². The molecule has 0 unspecified atom stereocenters. The van der Waals surface area contributed by atoms with Gasteiger partial charge in [-0.15, -0.1) is 6.42 Å². The third-order valence-electron chi connectivity index (χ3n) is 5.32. The topological polar surface area (TPSA) is 53.5 Å². The molecule has 0 spiro atoms. The third kappa shape index (κ3) is 4.35. The highest BCUT2D eigenvalue weighted by Crippen LogP contribution is 2.30. The fraction of sp³-hybridized carbons (Fsp3) is 0.304. The Balaban J connectivity index is 1.57. The van der Waals surface area contributed by atoms with Crippen LogP contribution in [0.2, 0.25) is 0 Å². The molecule has 0 aliphatic carbocycles. The molecule has 4 rings (SSSR count). The maximum absolute atomic E-state index is 15.1. The number of benzene rings is 2. The summed E-state index contributed by atoms with van der Waals surface area (Å²) in [5.74, 6) is 2.88. The number of methoxy groups -OCH3 is 1. The first-order valence-electron chi connectivity index (χ1n) is 9.92. The van der Waals surface area contributed by atoms with E-state index in [0.29, 0.717) is 29.0 Å². The molecule has 2 aromatic carbocycles. The van der Waals surface area contributed by atoms with Crippen molar-refractivity contribution in [2.45, 2.75) is 0 Å². The number of terminal acetylenes is 1. The van der Waals surface area contributed by atoms with E-state index in [0.717, 1.165) is 44.0 Å². The lowest BCUT2D eigenvalue weighted by molar-refractivity contribution is 0.144. The molecule has 1 N–H and O–H groups in total. The molecular formula is C23H24FN5O. The van der Waals surface area contributed by atoms with Crippen molar-refractivity contribution < 1.29 is 9.13 Å². The molecule has 154 valence electrons. The van der Waals surface area contributed by atoms with Crippen LogP contribution in [0.15, 0.2) is 42.7 Å². The third-order valence-corrected chi connectivity index (χ3v) is 5.32. The van der Waals surface area contributed by atoms with Gasteiger partial charge in [0.05, 0.1) is 17.8 Å². The van der Waals surface area contributed by atoms with Gasteiger partial charge in [0.25, 0.3) is 0 Å². The van der Waals surface area contributed by atoms with Crippen LogP contribution >= 0.6 is 0 Å². The first-order valence-corrected chi connectivity index (χ1v) is 9.92. The number of anilines is 3. The minimum atomic E-state index is -0.275. The van der Waals surface area contributed by atoms with Crippen molar-refractivity contribution in [2.24, 2.45) is 0 Å². The van der Waals surface area contributed by atoms with E-state index in [9.17, 15) is 0 Å². The molecule has 1 aromatic heterocycles. The molecule has 1 fully saturated rings. The quantitative estimate of drug-likeness (QED) is 0.636. The first-order chi connectivity index (χ1) is 14.7. The van der Waals surface area contributed by atoms with Gasteiger partial charge in [0.2, 0.25) is 0 Å². The highest BCUT2D eigenvalue weighted by atomic mass is 19.1. The standard InChI is InChI=1S/C23H24FN5O/c1-3-17-5-4-6-18(13-17)27-23-19-14-20(24)22(15-21(19)25-16-26-23)29-9-7-28(8-10-29)11-12-30-2/h1,4-6,13-16H,7-12H2,2H3,(H,25,26,27). The van der Waals surface area contributed by atoms with Crippen molar-refractivity contribution in [2.75, 3.05) is 56.7 Å². The summed E-state index contributed by atoms with van der Waals surface area (Å²) in [6.07, 6.45) is 6.96. The molecule has 0 saturated carbocycles. The van der Waals surface area contributed by atoms with Crippen molar-refractivity contribution in [1.82, 2.24) is 14.9 Å². The van der Waals surface area contributed by atoms with Crippen molar-refractivity contribution in [1.29, 1.82) is 0 Å². The van der Waals surface area contributed by atoms with Crippen molar-refractivity contribution in [3.63, 3.8) is 0 Å². The molecule has 30 heavy (non-hydrogen) atoms. The lowest BCUT2D eigenvalue weighted by Crippen LogP contribution is -2.47. The lowest BCUT2D eigenvalue weighted by Gasteiger charge is -2.36. The Labute approximate surface area is 175 Å². The molecule has 7 heteroatoms. The lowest BCUT2D eigenvalue weighted by atomic mass is 10.1. The molecule has 0 radical (unpaired) electrons. The van der Waals surface area contributed by atoms with Crippen LogP contribution in [-0.4, -0.2) is 61.3 Å². The van der Waals surface area contributed by atoms with Gasteiger partial charge in [-0.05, 0) is 30.3 Å². The summed E-state index contributed by atoms with van der Waals surface area (Å²) >= 11 is 0. The Hall–Kier alpha value is -3.21. The maximum atomic E-state index is 15.1. The van der Waals surface area contributed by atoms with Gasteiger partial charge in [0.15, 0.2) is 0 Å². The highest BCUT2D eigenvalue weighted by Gasteiger charge is 2.20. The number of fused-ring (bicyclic) bond motifs is 1. The monoisotopic (exact) mass is 405 g/mol. The summed E-state index contributed by atoms with van der Waals surface area (Å²) in [6, 6.07) is 10.8. The van der Waals surface area contributed by atoms with Crippen LogP contribution in [-0.2, 0) is 4.74 Å². The zero-order valence-corrected chi connectivity index (χ0v) is 16.9. The molecular weight excluding hydrogens is 381 g/mol. The second kappa shape index (κ2) is 9.08. The van der Waals surface area contributed by atoms with Gasteiger partial charge >= 0.3 is 0 Å². The van der Waals surface area contributed by atoms with Crippen LogP contribution in [0.3, 0.4) is 0 Å². The average molecular weight is 405 g/mol.